The van der Waals surface area contributed by atoms with Crippen LogP contribution in [0.4, 0.5) is 4.79 Å². The third kappa shape index (κ3) is 5.08. The van der Waals surface area contributed by atoms with Crippen molar-refractivity contribution < 1.29 is 19.1 Å². The predicted molar refractivity (Wildman–Crippen MR) is 127 cm³/mol. The van der Waals surface area contributed by atoms with E-state index in [4.69, 9.17) is 4.74 Å². The minimum Gasteiger partial charge on any atom is -0.445 e. The number of aryl methyl sites for hydroxylation is 3. The molecular formula is C28H31NO4. The third-order valence-electron chi connectivity index (χ3n) is 6.79. The van der Waals surface area contributed by atoms with E-state index in [0.29, 0.717) is 25.1 Å². The summed E-state index contributed by atoms with van der Waals surface area (Å²) in [6, 6.07) is 13.7. The summed E-state index contributed by atoms with van der Waals surface area (Å²) >= 11 is 0. The molecule has 172 valence electrons. The first-order chi connectivity index (χ1) is 15.8. The van der Waals surface area contributed by atoms with Gasteiger partial charge in [-0.15, -0.1) is 0 Å². The standard InChI is InChI=1S/C28H31NO4/c1-18-13-19(2)25(20(3)14-18)26-24(30)16-23(27(26)31)15-21-9-11-29(12-10-21)28(32)33-17-22-7-5-4-6-8-22/h4-8,13-14,16,21,26H,9-12,15,17H2,1-3H3. The van der Waals surface area contributed by atoms with E-state index in [1.165, 1.54) is 0 Å². The summed E-state index contributed by atoms with van der Waals surface area (Å²) in [6.07, 6.45) is 3.46. The van der Waals surface area contributed by atoms with Gasteiger partial charge in [-0.25, -0.2) is 4.79 Å². The van der Waals surface area contributed by atoms with Crippen LogP contribution in [0.5, 0.6) is 0 Å². The molecule has 0 spiro atoms. The van der Waals surface area contributed by atoms with Crippen molar-refractivity contribution in [3.8, 4) is 0 Å². The zero-order valence-corrected chi connectivity index (χ0v) is 19.6. The molecule has 0 bridgehead atoms. The van der Waals surface area contributed by atoms with Crippen LogP contribution in [0.2, 0.25) is 0 Å². The summed E-state index contributed by atoms with van der Waals surface area (Å²) in [4.78, 5) is 40.1. The molecule has 1 atom stereocenters. The van der Waals surface area contributed by atoms with E-state index in [1.54, 1.807) is 11.0 Å². The Hall–Kier alpha value is -3.21. The number of amides is 1. The molecule has 4 rings (SSSR count). The molecule has 1 amide bonds. The molecule has 1 heterocycles. The minimum atomic E-state index is -0.700. The Morgan fingerprint density at radius 3 is 2.27 bits per heavy atom. The maximum absolute atomic E-state index is 13.2. The Morgan fingerprint density at radius 2 is 1.64 bits per heavy atom. The van der Waals surface area contributed by atoms with Crippen LogP contribution in [-0.4, -0.2) is 35.6 Å². The smallest absolute Gasteiger partial charge is 0.410 e. The van der Waals surface area contributed by atoms with Gasteiger partial charge in [-0.2, -0.15) is 0 Å². The molecule has 33 heavy (non-hydrogen) atoms. The topological polar surface area (TPSA) is 63.7 Å². The number of nitrogens with zero attached hydrogens (tertiary/aromatic N) is 1. The van der Waals surface area contributed by atoms with Crippen LogP contribution in [0.3, 0.4) is 0 Å². The van der Waals surface area contributed by atoms with E-state index >= 15 is 0 Å². The SMILES string of the molecule is Cc1cc(C)c(C2C(=O)C=C(CC3CCN(C(=O)OCc4ccccc4)CC3)C2=O)c(C)c1. The van der Waals surface area contributed by atoms with Gasteiger partial charge in [0.05, 0.1) is 0 Å². The minimum absolute atomic E-state index is 0.0558. The van der Waals surface area contributed by atoms with Crippen molar-refractivity contribution in [3.63, 3.8) is 0 Å². The molecular weight excluding hydrogens is 414 g/mol. The number of ether oxygens (including phenoxy) is 1. The number of rotatable bonds is 5. The van der Waals surface area contributed by atoms with Gasteiger partial charge in [0.25, 0.3) is 0 Å². The molecule has 5 heteroatoms. The fraction of sp³-hybridized carbons (Fsp3) is 0.393. The summed E-state index contributed by atoms with van der Waals surface area (Å²) in [5.74, 6) is -0.578. The summed E-state index contributed by atoms with van der Waals surface area (Å²) in [5, 5.41) is 0. The number of hydrogen-bond acceptors (Lipinski definition) is 4. The zero-order valence-electron chi connectivity index (χ0n) is 19.6. The van der Waals surface area contributed by atoms with E-state index < -0.39 is 5.92 Å². The first-order valence-corrected chi connectivity index (χ1v) is 11.7. The summed E-state index contributed by atoms with van der Waals surface area (Å²) < 4.78 is 5.44. The third-order valence-corrected chi connectivity index (χ3v) is 6.79. The van der Waals surface area contributed by atoms with Crippen LogP contribution in [-0.2, 0) is 20.9 Å². The normalized spacial score (nSPS) is 19.1. The van der Waals surface area contributed by atoms with Crippen molar-refractivity contribution in [3.05, 3.63) is 81.9 Å². The van der Waals surface area contributed by atoms with Gasteiger partial charge >= 0.3 is 6.09 Å². The lowest BCUT2D eigenvalue weighted by atomic mass is 9.84. The summed E-state index contributed by atoms with van der Waals surface area (Å²) in [6.45, 7) is 7.44. The molecule has 0 N–H and O–H groups in total. The fourth-order valence-electron chi connectivity index (χ4n) is 5.16. The fourth-order valence-corrected chi connectivity index (χ4v) is 5.16. The summed E-state index contributed by atoms with van der Waals surface area (Å²) in [7, 11) is 0. The number of likely N-dealkylation sites (tertiary alicyclic amines) is 1. The van der Waals surface area contributed by atoms with E-state index in [2.05, 4.69) is 0 Å². The van der Waals surface area contributed by atoms with Crippen molar-refractivity contribution >= 4 is 17.7 Å². The van der Waals surface area contributed by atoms with Crippen molar-refractivity contribution in [2.24, 2.45) is 5.92 Å². The van der Waals surface area contributed by atoms with Crippen LogP contribution in [0.1, 0.15) is 53.0 Å². The van der Waals surface area contributed by atoms with Crippen LogP contribution >= 0.6 is 0 Å². The second-order valence-electron chi connectivity index (χ2n) is 9.36. The number of piperidine rings is 1. The van der Waals surface area contributed by atoms with Crippen LogP contribution in [0.25, 0.3) is 0 Å². The zero-order chi connectivity index (χ0) is 23.5. The van der Waals surface area contributed by atoms with Crippen molar-refractivity contribution in [2.75, 3.05) is 13.1 Å². The first kappa shape index (κ1) is 23.0. The Labute approximate surface area is 195 Å². The van der Waals surface area contributed by atoms with E-state index in [9.17, 15) is 14.4 Å². The second-order valence-corrected chi connectivity index (χ2v) is 9.36. The predicted octanol–water partition coefficient (Wildman–Crippen LogP) is 5.21. The van der Waals surface area contributed by atoms with Crippen molar-refractivity contribution in [1.29, 1.82) is 0 Å². The molecule has 2 aromatic rings. The van der Waals surface area contributed by atoms with Crippen molar-refractivity contribution in [2.45, 2.75) is 52.6 Å². The van der Waals surface area contributed by atoms with Crippen LogP contribution in [0.15, 0.2) is 54.1 Å². The van der Waals surface area contributed by atoms with E-state index in [1.807, 2.05) is 63.2 Å². The van der Waals surface area contributed by atoms with Crippen LogP contribution < -0.4 is 0 Å². The highest BCUT2D eigenvalue weighted by molar-refractivity contribution is 6.25. The lowest BCUT2D eigenvalue weighted by molar-refractivity contribution is -0.123. The van der Waals surface area contributed by atoms with E-state index in [0.717, 1.165) is 40.7 Å². The Balaban J connectivity index is 1.32. The number of benzene rings is 2. The highest BCUT2D eigenvalue weighted by atomic mass is 16.6. The van der Waals surface area contributed by atoms with Gasteiger partial charge in [0.2, 0.25) is 0 Å². The largest absolute Gasteiger partial charge is 0.445 e. The first-order valence-electron chi connectivity index (χ1n) is 11.7. The molecule has 1 fully saturated rings. The lowest BCUT2D eigenvalue weighted by Gasteiger charge is -2.31. The quantitative estimate of drug-likeness (QED) is 0.593. The van der Waals surface area contributed by atoms with Gasteiger partial charge in [0.15, 0.2) is 11.6 Å². The molecule has 1 saturated heterocycles. The molecule has 0 saturated carbocycles. The molecule has 5 nitrogen and oxygen atoms in total. The molecule has 0 radical (unpaired) electrons. The molecule has 2 aliphatic rings. The number of ketones is 2. The van der Waals surface area contributed by atoms with Gasteiger partial charge in [-0.1, -0.05) is 48.0 Å². The average molecular weight is 446 g/mol. The Bertz CT molecular complexity index is 1070. The molecule has 1 unspecified atom stereocenters. The number of hydrogen-bond donors (Lipinski definition) is 0. The van der Waals surface area contributed by atoms with E-state index in [-0.39, 0.29) is 30.2 Å². The van der Waals surface area contributed by atoms with Crippen LogP contribution in [0, 0.1) is 26.7 Å². The number of Topliss-reactive ketones (excluding diaryl/α,β-unsaturated/α-hetero) is 1. The molecule has 1 aliphatic carbocycles. The Kier molecular flexibility index (Phi) is 6.77. The molecule has 2 aromatic carbocycles. The average Bonchev–Trinajstić information content (AvgIpc) is 3.06. The highest BCUT2D eigenvalue weighted by Gasteiger charge is 2.38. The highest BCUT2D eigenvalue weighted by Crippen LogP contribution is 2.36. The maximum atomic E-state index is 13.2. The van der Waals surface area contributed by atoms with Gasteiger partial charge in [-0.3, -0.25) is 9.59 Å². The lowest BCUT2D eigenvalue weighted by Crippen LogP contribution is -2.39. The maximum Gasteiger partial charge on any atom is 0.410 e. The van der Waals surface area contributed by atoms with Crippen molar-refractivity contribution in [1.82, 2.24) is 4.90 Å². The second kappa shape index (κ2) is 9.74. The van der Waals surface area contributed by atoms with Gasteiger partial charge in [-0.05, 0) is 74.3 Å². The monoisotopic (exact) mass is 445 g/mol. The number of allylic oxidation sites excluding steroid dienone is 2. The van der Waals surface area contributed by atoms with Gasteiger partial charge < -0.3 is 9.64 Å². The van der Waals surface area contributed by atoms with Gasteiger partial charge in [0, 0.05) is 18.7 Å². The molecule has 1 aliphatic heterocycles. The number of carbonyl (C=O) groups is 3. The molecule has 0 aromatic heterocycles. The number of carbonyl (C=O) groups excluding carboxylic acids is 3. The Morgan fingerprint density at radius 1 is 1.00 bits per heavy atom. The summed E-state index contributed by atoms with van der Waals surface area (Å²) in [5.41, 5.74) is 5.58. The van der Waals surface area contributed by atoms with Gasteiger partial charge in [0.1, 0.15) is 12.5 Å².